The van der Waals surface area contributed by atoms with Crippen molar-refractivity contribution in [1.82, 2.24) is 15.3 Å². The van der Waals surface area contributed by atoms with E-state index in [1.165, 1.54) is 12.8 Å². The lowest BCUT2D eigenvalue weighted by Gasteiger charge is -2.37. The third kappa shape index (κ3) is 4.16. The summed E-state index contributed by atoms with van der Waals surface area (Å²) >= 11 is 0. The molecule has 1 saturated heterocycles. The second-order valence-electron chi connectivity index (χ2n) is 6.19. The highest BCUT2D eigenvalue weighted by Crippen LogP contribution is 2.31. The topological polar surface area (TPSA) is 41.1 Å². The predicted octanol–water partition coefficient (Wildman–Crippen LogP) is 2.60. The van der Waals surface area contributed by atoms with Crippen LogP contribution in [0.3, 0.4) is 0 Å². The molecule has 1 fully saturated rings. The van der Waals surface area contributed by atoms with Crippen LogP contribution < -0.4 is 10.2 Å². The van der Waals surface area contributed by atoms with Crippen LogP contribution in [0.25, 0.3) is 0 Å². The fraction of sp³-hybridized carbons (Fsp3) is 0.733. The Morgan fingerprint density at radius 1 is 1.21 bits per heavy atom. The molecule has 2 rings (SSSR count). The largest absolute Gasteiger partial charge is 0.355 e. The summed E-state index contributed by atoms with van der Waals surface area (Å²) in [6.07, 6.45) is 7.43. The number of hydrogen-bond acceptors (Lipinski definition) is 4. The molecule has 0 saturated carbocycles. The zero-order valence-electron chi connectivity index (χ0n) is 12.4. The van der Waals surface area contributed by atoms with Crippen LogP contribution in [0.2, 0.25) is 0 Å². The number of rotatable bonds is 5. The van der Waals surface area contributed by atoms with Crippen molar-refractivity contribution in [3.8, 4) is 0 Å². The van der Waals surface area contributed by atoms with E-state index in [1.807, 2.05) is 12.4 Å². The minimum absolute atomic E-state index is 0.480. The van der Waals surface area contributed by atoms with E-state index in [-0.39, 0.29) is 0 Å². The van der Waals surface area contributed by atoms with Crippen LogP contribution in [-0.4, -0.2) is 29.6 Å². The lowest BCUT2D eigenvalue weighted by atomic mass is 9.83. The zero-order valence-corrected chi connectivity index (χ0v) is 12.4. The van der Waals surface area contributed by atoms with E-state index < -0.39 is 0 Å². The third-order valence-electron chi connectivity index (χ3n) is 3.87. The molecule has 1 aromatic heterocycles. The van der Waals surface area contributed by atoms with Crippen molar-refractivity contribution in [2.75, 3.05) is 24.5 Å². The van der Waals surface area contributed by atoms with E-state index in [0.717, 1.165) is 44.1 Å². The van der Waals surface area contributed by atoms with Gasteiger partial charge in [0.1, 0.15) is 5.82 Å². The molecule has 2 heterocycles. The average molecular weight is 262 g/mol. The van der Waals surface area contributed by atoms with Crippen molar-refractivity contribution in [3.05, 3.63) is 18.1 Å². The van der Waals surface area contributed by atoms with E-state index in [1.54, 1.807) is 0 Å². The lowest BCUT2D eigenvalue weighted by molar-refractivity contribution is 0.279. The molecule has 0 bridgehead atoms. The first kappa shape index (κ1) is 14.3. The summed E-state index contributed by atoms with van der Waals surface area (Å²) < 4.78 is 0. The molecule has 1 aliphatic rings. The fourth-order valence-corrected chi connectivity index (χ4v) is 2.34. The molecule has 0 aliphatic carbocycles. The maximum absolute atomic E-state index is 4.55. The molecule has 1 aromatic rings. The Morgan fingerprint density at radius 3 is 2.53 bits per heavy atom. The smallest absolute Gasteiger partial charge is 0.147 e. The molecular formula is C15H26N4. The van der Waals surface area contributed by atoms with Gasteiger partial charge >= 0.3 is 0 Å². The Kier molecular flexibility index (Phi) is 4.75. The van der Waals surface area contributed by atoms with Crippen LogP contribution in [0.5, 0.6) is 0 Å². The van der Waals surface area contributed by atoms with E-state index in [0.29, 0.717) is 5.41 Å². The summed E-state index contributed by atoms with van der Waals surface area (Å²) in [5, 5.41) is 3.35. The highest BCUT2D eigenvalue weighted by molar-refractivity contribution is 5.36. The van der Waals surface area contributed by atoms with Crippen LogP contribution in [0.4, 0.5) is 5.82 Å². The quantitative estimate of drug-likeness (QED) is 0.828. The van der Waals surface area contributed by atoms with Crippen LogP contribution in [0.1, 0.15) is 45.7 Å². The third-order valence-corrected chi connectivity index (χ3v) is 3.87. The number of piperidine rings is 1. The molecule has 0 atom stereocenters. The van der Waals surface area contributed by atoms with Gasteiger partial charge in [-0.05, 0) is 31.2 Å². The molecule has 0 aromatic carbocycles. The van der Waals surface area contributed by atoms with Crippen molar-refractivity contribution < 1.29 is 0 Å². The summed E-state index contributed by atoms with van der Waals surface area (Å²) in [5.74, 6) is 1.02. The first-order valence-electron chi connectivity index (χ1n) is 7.37. The van der Waals surface area contributed by atoms with Crippen LogP contribution >= 0.6 is 0 Å². The molecular weight excluding hydrogens is 236 g/mol. The van der Waals surface area contributed by atoms with Gasteiger partial charge in [0.15, 0.2) is 0 Å². The number of anilines is 1. The molecule has 1 N–H and O–H groups in total. The monoisotopic (exact) mass is 262 g/mol. The molecule has 106 valence electrons. The van der Waals surface area contributed by atoms with Gasteiger partial charge < -0.3 is 10.2 Å². The SMILES string of the molecule is CCCNCc1cnc(N2CCC(C)(C)CC2)cn1. The maximum atomic E-state index is 4.55. The summed E-state index contributed by atoms with van der Waals surface area (Å²) in [6, 6.07) is 0. The first-order chi connectivity index (χ1) is 9.11. The van der Waals surface area contributed by atoms with Crippen molar-refractivity contribution in [3.63, 3.8) is 0 Å². The highest BCUT2D eigenvalue weighted by Gasteiger charge is 2.25. The van der Waals surface area contributed by atoms with Gasteiger partial charge in [-0.15, -0.1) is 0 Å². The van der Waals surface area contributed by atoms with Crippen LogP contribution in [-0.2, 0) is 6.54 Å². The highest BCUT2D eigenvalue weighted by atomic mass is 15.2. The Balaban J connectivity index is 1.88. The predicted molar refractivity (Wildman–Crippen MR) is 79.3 cm³/mol. The minimum Gasteiger partial charge on any atom is -0.355 e. The van der Waals surface area contributed by atoms with Gasteiger partial charge in [0.25, 0.3) is 0 Å². The van der Waals surface area contributed by atoms with Gasteiger partial charge in [-0.3, -0.25) is 4.98 Å². The summed E-state index contributed by atoms with van der Waals surface area (Å²) in [5.41, 5.74) is 1.50. The van der Waals surface area contributed by atoms with E-state index >= 15 is 0 Å². The number of nitrogens with one attached hydrogen (secondary N) is 1. The molecule has 4 heteroatoms. The molecule has 0 unspecified atom stereocenters. The molecule has 0 amide bonds. The lowest BCUT2D eigenvalue weighted by Crippen LogP contribution is -2.37. The van der Waals surface area contributed by atoms with Gasteiger partial charge in [-0.25, -0.2) is 4.98 Å². The zero-order chi connectivity index (χ0) is 13.7. The Bertz CT molecular complexity index is 376. The van der Waals surface area contributed by atoms with E-state index in [4.69, 9.17) is 0 Å². The van der Waals surface area contributed by atoms with Crippen LogP contribution in [0, 0.1) is 5.41 Å². The fourth-order valence-electron chi connectivity index (χ4n) is 2.34. The van der Waals surface area contributed by atoms with Gasteiger partial charge in [-0.2, -0.15) is 0 Å². The van der Waals surface area contributed by atoms with Gasteiger partial charge in [0, 0.05) is 19.6 Å². The molecule has 4 nitrogen and oxygen atoms in total. The van der Waals surface area contributed by atoms with Gasteiger partial charge in [0.2, 0.25) is 0 Å². The Hall–Kier alpha value is -1.16. The maximum Gasteiger partial charge on any atom is 0.147 e. The molecule has 0 spiro atoms. The second-order valence-corrected chi connectivity index (χ2v) is 6.19. The standard InChI is InChI=1S/C15H26N4/c1-4-7-16-10-13-11-18-14(12-17-13)19-8-5-15(2,3)6-9-19/h11-12,16H,4-10H2,1-3H3. The summed E-state index contributed by atoms with van der Waals surface area (Å²) in [6.45, 7) is 10.9. The van der Waals surface area contributed by atoms with Crippen LogP contribution in [0.15, 0.2) is 12.4 Å². The van der Waals surface area contributed by atoms with Gasteiger partial charge in [0.05, 0.1) is 18.1 Å². The second kappa shape index (κ2) is 6.33. The van der Waals surface area contributed by atoms with Gasteiger partial charge in [-0.1, -0.05) is 20.8 Å². The number of aromatic nitrogens is 2. The summed E-state index contributed by atoms with van der Waals surface area (Å²) in [4.78, 5) is 11.4. The number of hydrogen-bond donors (Lipinski definition) is 1. The van der Waals surface area contributed by atoms with Crippen molar-refractivity contribution in [2.24, 2.45) is 5.41 Å². The Morgan fingerprint density at radius 2 is 1.95 bits per heavy atom. The van der Waals surface area contributed by atoms with E-state index in [9.17, 15) is 0 Å². The molecule has 0 radical (unpaired) electrons. The first-order valence-corrected chi connectivity index (χ1v) is 7.37. The van der Waals surface area contributed by atoms with Crippen molar-refractivity contribution in [2.45, 2.75) is 46.6 Å². The van der Waals surface area contributed by atoms with Crippen molar-refractivity contribution in [1.29, 1.82) is 0 Å². The normalized spacial score (nSPS) is 18.6. The minimum atomic E-state index is 0.480. The number of nitrogens with zero attached hydrogens (tertiary/aromatic N) is 3. The summed E-state index contributed by atoms with van der Waals surface area (Å²) in [7, 11) is 0. The van der Waals surface area contributed by atoms with E-state index in [2.05, 4.69) is 41.0 Å². The molecule has 1 aliphatic heterocycles. The average Bonchev–Trinajstić information content (AvgIpc) is 2.40. The van der Waals surface area contributed by atoms with Crippen molar-refractivity contribution >= 4 is 5.82 Å². The Labute approximate surface area is 116 Å². The molecule has 19 heavy (non-hydrogen) atoms.